The molecule has 0 spiro atoms. The van der Waals surface area contributed by atoms with Gasteiger partial charge in [-0.1, -0.05) is 17.7 Å². The molecular weight excluding hydrogens is 311 g/mol. The summed E-state index contributed by atoms with van der Waals surface area (Å²) in [6.07, 6.45) is 2.74. The molecule has 130 valence electrons. The van der Waals surface area contributed by atoms with Crippen LogP contribution in [-0.4, -0.2) is 36.6 Å². The summed E-state index contributed by atoms with van der Waals surface area (Å²) in [4.78, 5) is 24.1. The highest BCUT2D eigenvalue weighted by Gasteiger charge is 2.37. The molecule has 24 heavy (non-hydrogen) atoms. The van der Waals surface area contributed by atoms with E-state index in [-0.39, 0.29) is 42.2 Å². The third-order valence-corrected chi connectivity index (χ3v) is 4.71. The van der Waals surface area contributed by atoms with Crippen molar-refractivity contribution < 1.29 is 18.7 Å². The van der Waals surface area contributed by atoms with E-state index in [1.54, 1.807) is 12.1 Å². The molecule has 2 saturated heterocycles. The average molecular weight is 334 g/mol. The van der Waals surface area contributed by atoms with Gasteiger partial charge in [0, 0.05) is 13.0 Å². The van der Waals surface area contributed by atoms with Gasteiger partial charge in [0.2, 0.25) is 11.8 Å². The molecule has 5 nitrogen and oxygen atoms in total. The molecule has 1 aromatic carbocycles. The molecule has 6 heteroatoms. The van der Waals surface area contributed by atoms with Crippen LogP contribution in [0.5, 0.6) is 0 Å². The van der Waals surface area contributed by atoms with Gasteiger partial charge in [0.1, 0.15) is 5.82 Å². The van der Waals surface area contributed by atoms with Crippen LogP contribution < -0.4 is 10.6 Å². The number of aryl methyl sites for hydroxylation is 1. The molecule has 3 atom stereocenters. The SMILES string of the molecule is Cc1ccc(F)c(CC(=O)N[C@@H]2CCC(=O)N[C@H]2[C@H]2CCCO2)c1. The highest BCUT2D eigenvalue weighted by Crippen LogP contribution is 2.22. The van der Waals surface area contributed by atoms with Gasteiger partial charge in [-0.2, -0.15) is 0 Å². The van der Waals surface area contributed by atoms with E-state index in [9.17, 15) is 14.0 Å². The van der Waals surface area contributed by atoms with Crippen LogP contribution >= 0.6 is 0 Å². The van der Waals surface area contributed by atoms with Gasteiger partial charge in [0.15, 0.2) is 0 Å². The summed E-state index contributed by atoms with van der Waals surface area (Å²) < 4.78 is 19.5. The van der Waals surface area contributed by atoms with Gasteiger partial charge in [-0.05, 0) is 37.8 Å². The molecule has 1 aromatic rings. The molecule has 0 bridgehead atoms. The Morgan fingerprint density at radius 1 is 1.42 bits per heavy atom. The summed E-state index contributed by atoms with van der Waals surface area (Å²) in [6.45, 7) is 2.55. The van der Waals surface area contributed by atoms with E-state index in [1.165, 1.54) is 6.07 Å². The number of piperidine rings is 1. The maximum absolute atomic E-state index is 13.8. The highest BCUT2D eigenvalue weighted by molar-refractivity contribution is 5.81. The Morgan fingerprint density at radius 3 is 3.00 bits per heavy atom. The van der Waals surface area contributed by atoms with Crippen molar-refractivity contribution in [1.29, 1.82) is 0 Å². The van der Waals surface area contributed by atoms with Crippen molar-refractivity contribution in [1.82, 2.24) is 10.6 Å². The van der Waals surface area contributed by atoms with E-state index in [0.29, 0.717) is 25.0 Å². The minimum atomic E-state index is -0.372. The number of halogens is 1. The van der Waals surface area contributed by atoms with Gasteiger partial charge < -0.3 is 15.4 Å². The van der Waals surface area contributed by atoms with Crippen molar-refractivity contribution >= 4 is 11.8 Å². The molecule has 0 unspecified atom stereocenters. The lowest BCUT2D eigenvalue weighted by Gasteiger charge is -2.36. The first-order valence-electron chi connectivity index (χ1n) is 8.48. The quantitative estimate of drug-likeness (QED) is 0.879. The Balaban J connectivity index is 1.65. The molecular formula is C18H23FN2O3. The first-order chi connectivity index (χ1) is 11.5. The summed E-state index contributed by atoms with van der Waals surface area (Å²) in [5, 5.41) is 5.91. The van der Waals surface area contributed by atoms with Crippen LogP contribution in [0.4, 0.5) is 4.39 Å². The zero-order valence-electron chi connectivity index (χ0n) is 13.8. The number of nitrogens with one attached hydrogen (secondary N) is 2. The highest BCUT2D eigenvalue weighted by atomic mass is 19.1. The molecule has 0 aromatic heterocycles. The monoisotopic (exact) mass is 334 g/mol. The van der Waals surface area contributed by atoms with E-state index in [0.717, 1.165) is 18.4 Å². The summed E-state index contributed by atoms with van der Waals surface area (Å²) >= 11 is 0. The van der Waals surface area contributed by atoms with Gasteiger partial charge in [-0.3, -0.25) is 9.59 Å². The molecule has 0 radical (unpaired) electrons. The van der Waals surface area contributed by atoms with E-state index < -0.39 is 0 Å². The minimum Gasteiger partial charge on any atom is -0.376 e. The predicted octanol–water partition coefficient (Wildman–Crippen LogP) is 1.62. The van der Waals surface area contributed by atoms with Gasteiger partial charge in [0.25, 0.3) is 0 Å². The molecule has 2 aliphatic rings. The average Bonchev–Trinajstić information content (AvgIpc) is 3.07. The first kappa shape index (κ1) is 16.9. The van der Waals surface area contributed by atoms with Crippen LogP contribution in [-0.2, 0) is 20.7 Å². The number of amides is 2. The Bertz CT molecular complexity index is 629. The largest absolute Gasteiger partial charge is 0.376 e. The van der Waals surface area contributed by atoms with Crippen LogP contribution in [0.15, 0.2) is 18.2 Å². The Hall–Kier alpha value is -1.95. The smallest absolute Gasteiger partial charge is 0.224 e. The van der Waals surface area contributed by atoms with Crippen molar-refractivity contribution in [3.63, 3.8) is 0 Å². The van der Waals surface area contributed by atoms with Crippen molar-refractivity contribution in [2.75, 3.05) is 6.61 Å². The lowest BCUT2D eigenvalue weighted by Crippen LogP contribution is -2.60. The third-order valence-electron chi connectivity index (χ3n) is 4.71. The number of benzene rings is 1. The predicted molar refractivity (Wildman–Crippen MR) is 86.9 cm³/mol. The van der Waals surface area contributed by atoms with Crippen molar-refractivity contribution in [2.24, 2.45) is 0 Å². The van der Waals surface area contributed by atoms with E-state index in [4.69, 9.17) is 4.74 Å². The first-order valence-corrected chi connectivity index (χ1v) is 8.48. The Morgan fingerprint density at radius 2 is 2.25 bits per heavy atom. The van der Waals surface area contributed by atoms with Crippen molar-refractivity contribution in [3.05, 3.63) is 35.1 Å². The van der Waals surface area contributed by atoms with Crippen LogP contribution in [0.3, 0.4) is 0 Å². The van der Waals surface area contributed by atoms with Crippen molar-refractivity contribution in [3.8, 4) is 0 Å². The van der Waals surface area contributed by atoms with Crippen LogP contribution in [0.2, 0.25) is 0 Å². The number of ether oxygens (including phenoxy) is 1. The molecule has 2 fully saturated rings. The molecule has 0 saturated carbocycles. The van der Waals surface area contributed by atoms with E-state index in [1.807, 2.05) is 6.92 Å². The standard InChI is InChI=1S/C18H23FN2O3/c1-11-4-5-13(19)12(9-11)10-17(23)20-14-6-7-16(22)21-18(14)15-3-2-8-24-15/h4-5,9,14-15,18H,2-3,6-8,10H2,1H3,(H,20,23)(H,21,22)/t14-,15-,18-/m1/s1. The van der Waals surface area contributed by atoms with E-state index in [2.05, 4.69) is 10.6 Å². The van der Waals surface area contributed by atoms with Gasteiger partial charge in [0.05, 0.1) is 24.6 Å². The second-order valence-electron chi connectivity index (χ2n) is 6.63. The summed E-state index contributed by atoms with van der Waals surface area (Å²) in [6, 6.07) is 4.37. The molecule has 2 heterocycles. The fourth-order valence-corrected chi connectivity index (χ4v) is 3.49. The topological polar surface area (TPSA) is 67.4 Å². The van der Waals surface area contributed by atoms with Gasteiger partial charge >= 0.3 is 0 Å². The molecule has 3 rings (SSSR count). The fourth-order valence-electron chi connectivity index (χ4n) is 3.49. The van der Waals surface area contributed by atoms with Crippen LogP contribution in [0, 0.1) is 12.7 Å². The summed E-state index contributed by atoms with van der Waals surface area (Å²) in [5.41, 5.74) is 1.31. The lowest BCUT2D eigenvalue weighted by molar-refractivity contribution is -0.128. The normalized spacial score (nSPS) is 26.9. The van der Waals surface area contributed by atoms with Crippen molar-refractivity contribution in [2.45, 2.75) is 57.2 Å². The van der Waals surface area contributed by atoms with E-state index >= 15 is 0 Å². The maximum Gasteiger partial charge on any atom is 0.224 e. The summed E-state index contributed by atoms with van der Waals surface area (Å²) in [7, 11) is 0. The molecule has 2 amide bonds. The van der Waals surface area contributed by atoms with Crippen LogP contribution in [0.1, 0.15) is 36.8 Å². The minimum absolute atomic E-state index is 0.00377. The van der Waals surface area contributed by atoms with Crippen LogP contribution in [0.25, 0.3) is 0 Å². The second-order valence-corrected chi connectivity index (χ2v) is 6.63. The Labute approximate surface area is 141 Å². The zero-order chi connectivity index (χ0) is 17.1. The number of carbonyl (C=O) groups is 2. The third kappa shape index (κ3) is 3.93. The second kappa shape index (κ2) is 7.30. The fraction of sp³-hybridized carbons (Fsp3) is 0.556. The zero-order valence-corrected chi connectivity index (χ0v) is 13.8. The number of hydrogen-bond acceptors (Lipinski definition) is 3. The molecule has 2 aliphatic heterocycles. The lowest BCUT2D eigenvalue weighted by atomic mass is 9.92. The molecule has 0 aliphatic carbocycles. The summed E-state index contributed by atoms with van der Waals surface area (Å²) in [5.74, 6) is -0.613. The number of hydrogen-bond donors (Lipinski definition) is 2. The molecule has 2 N–H and O–H groups in total. The maximum atomic E-state index is 13.8. The number of rotatable bonds is 4. The Kier molecular flexibility index (Phi) is 5.14. The van der Waals surface area contributed by atoms with Gasteiger partial charge in [-0.25, -0.2) is 4.39 Å². The van der Waals surface area contributed by atoms with Gasteiger partial charge in [-0.15, -0.1) is 0 Å². The number of carbonyl (C=O) groups excluding carboxylic acids is 2.